The number of alkyl halides is 6. The van der Waals surface area contributed by atoms with Gasteiger partial charge in [-0.2, -0.15) is 60.0 Å². The van der Waals surface area contributed by atoms with Crippen LogP contribution in [0, 0.1) is 20.2 Å². The highest BCUT2D eigenvalue weighted by Gasteiger charge is 2.48. The molecule has 2 aromatic carbocycles. The van der Waals surface area contributed by atoms with Gasteiger partial charge >= 0.3 is 36.2 Å². The molecule has 68 heavy (non-hydrogen) atoms. The SMILES string of the molecule is CCOC(=O)C1=C(CSCCN)N(OC(=O)/C=C/C(=O)ON2C(C)=C([N+](=O)[O-])C(c3cccc(C(F)(F)F)c3)C(C(=O)OCC)=C2CSCCN)C(C)=C([N+](=O)[O-])C1c1cccc(C(F)(F)F)c1. The second-order valence-electron chi connectivity index (χ2n) is 14.2. The summed E-state index contributed by atoms with van der Waals surface area (Å²) in [7, 11) is 0. The number of hydroxylamine groups is 4. The molecule has 0 fully saturated rings. The van der Waals surface area contributed by atoms with Gasteiger partial charge < -0.3 is 30.6 Å². The largest absolute Gasteiger partial charge is 0.463 e. The Morgan fingerprint density at radius 1 is 0.676 bits per heavy atom. The normalized spacial score (nSPS) is 16.9. The van der Waals surface area contributed by atoms with Crippen LogP contribution < -0.4 is 11.5 Å². The van der Waals surface area contributed by atoms with Gasteiger partial charge in [-0.3, -0.25) is 20.2 Å². The van der Waals surface area contributed by atoms with E-state index < -0.39 is 103 Å². The summed E-state index contributed by atoms with van der Waals surface area (Å²) in [6.07, 6.45) is -8.84. The lowest BCUT2D eigenvalue weighted by molar-refractivity contribution is -0.433. The monoisotopic (exact) mass is 1000 g/mol. The van der Waals surface area contributed by atoms with Crippen molar-refractivity contribution in [3.05, 3.63) is 148 Å². The number of esters is 2. The standard InChI is InChI=1S/C42H44F6N6O12S2/c1-5-63-39(57)35-29(21-67-17-15-49)51(23(3)37(53(59)60)33(35)25-9-7-11-27(19-25)41(43,44)45)65-31(55)13-14-32(56)66-52-24(4)38(54(61)62)34(26-10-8-12-28(20-26)42(46,47)48)36(40(58)64-6-2)30(52)22-68-18-16-50/h7-14,19-20,33-34H,5-6,15-18,21-22,49-50H2,1-4H3/b14-13+. The van der Waals surface area contributed by atoms with Crippen LogP contribution in [0.4, 0.5) is 26.3 Å². The molecule has 2 heterocycles. The minimum absolute atomic E-state index is 0.0913. The summed E-state index contributed by atoms with van der Waals surface area (Å²) in [5.41, 5.74) is 4.01. The smallest absolute Gasteiger partial charge is 0.416 e. The lowest BCUT2D eigenvalue weighted by Gasteiger charge is -2.34. The maximum atomic E-state index is 13.9. The number of nitro groups is 2. The summed E-state index contributed by atoms with van der Waals surface area (Å²) in [5, 5.41) is 26.7. The van der Waals surface area contributed by atoms with E-state index in [0.717, 1.165) is 73.8 Å². The molecule has 0 radical (unpaired) electrons. The van der Waals surface area contributed by atoms with E-state index in [1.165, 1.54) is 13.8 Å². The molecule has 2 aliphatic heterocycles. The number of hydrogen-bond acceptors (Lipinski definition) is 18. The topological polar surface area (TPSA) is 250 Å². The number of ether oxygens (including phenoxy) is 2. The molecule has 2 atom stereocenters. The first-order chi connectivity index (χ1) is 32.0. The van der Waals surface area contributed by atoms with E-state index in [1.807, 2.05) is 0 Å². The molecule has 0 aromatic heterocycles. The molecule has 18 nitrogen and oxygen atoms in total. The van der Waals surface area contributed by atoms with Gasteiger partial charge in [-0.15, -0.1) is 0 Å². The Hall–Kier alpha value is -6.38. The first-order valence-electron chi connectivity index (χ1n) is 20.2. The van der Waals surface area contributed by atoms with Crippen molar-refractivity contribution in [1.82, 2.24) is 10.1 Å². The van der Waals surface area contributed by atoms with Gasteiger partial charge in [-0.25, -0.2) is 19.2 Å². The van der Waals surface area contributed by atoms with Gasteiger partial charge in [0.05, 0.1) is 56.7 Å². The Balaban J connectivity index is 1.83. The van der Waals surface area contributed by atoms with Crippen LogP contribution in [0.5, 0.6) is 0 Å². The molecular weight excluding hydrogens is 959 g/mol. The zero-order chi connectivity index (χ0) is 50.7. The van der Waals surface area contributed by atoms with Crippen molar-refractivity contribution in [2.45, 2.75) is 51.9 Å². The Labute approximate surface area is 392 Å². The Morgan fingerprint density at radius 3 is 1.32 bits per heavy atom. The molecule has 2 unspecified atom stereocenters. The second-order valence-corrected chi connectivity index (χ2v) is 16.4. The van der Waals surface area contributed by atoms with Crippen molar-refractivity contribution in [1.29, 1.82) is 0 Å². The summed E-state index contributed by atoms with van der Waals surface area (Å²) in [4.78, 5) is 89.1. The highest BCUT2D eigenvalue weighted by Crippen LogP contribution is 2.47. The number of nitrogens with zero attached hydrogens (tertiary/aromatic N) is 4. The number of carbonyl (C=O) groups is 4. The first-order valence-corrected chi connectivity index (χ1v) is 22.5. The summed E-state index contributed by atoms with van der Waals surface area (Å²) in [6, 6.07) is 7.00. The fourth-order valence-corrected chi connectivity index (χ4v) is 8.61. The number of benzene rings is 2. The number of thioether (sulfide) groups is 2. The molecule has 0 aliphatic carbocycles. The van der Waals surface area contributed by atoms with Crippen molar-refractivity contribution in [2.75, 3.05) is 49.3 Å². The van der Waals surface area contributed by atoms with Crippen LogP contribution in [0.3, 0.4) is 0 Å². The third kappa shape index (κ3) is 12.8. The number of halogens is 6. The van der Waals surface area contributed by atoms with Gasteiger partial charge in [-0.1, -0.05) is 36.4 Å². The third-order valence-electron chi connectivity index (χ3n) is 9.79. The zero-order valence-corrected chi connectivity index (χ0v) is 38.1. The Bertz CT molecular complexity index is 2290. The average Bonchev–Trinajstić information content (AvgIpc) is 3.26. The summed E-state index contributed by atoms with van der Waals surface area (Å²) < 4.78 is 93.7. The van der Waals surface area contributed by atoms with Gasteiger partial charge in [0.15, 0.2) is 0 Å². The molecule has 368 valence electrons. The summed E-state index contributed by atoms with van der Waals surface area (Å²) >= 11 is 2.11. The molecule has 4 rings (SSSR count). The highest BCUT2D eigenvalue weighted by atomic mass is 32.2. The van der Waals surface area contributed by atoms with Gasteiger partial charge in [0.1, 0.15) is 23.2 Å². The van der Waals surface area contributed by atoms with Crippen LogP contribution in [-0.4, -0.2) is 93.2 Å². The number of rotatable bonds is 20. The van der Waals surface area contributed by atoms with E-state index in [0.29, 0.717) is 34.4 Å². The average molecular weight is 1000 g/mol. The van der Waals surface area contributed by atoms with E-state index in [9.17, 15) is 65.7 Å². The number of allylic oxidation sites excluding steroid dienone is 4. The Morgan fingerprint density at radius 2 is 1.03 bits per heavy atom. The number of hydrogen-bond donors (Lipinski definition) is 2. The molecule has 0 saturated heterocycles. The van der Waals surface area contributed by atoms with E-state index in [2.05, 4.69) is 0 Å². The predicted octanol–water partition coefficient (Wildman–Crippen LogP) is 6.73. The lowest BCUT2D eigenvalue weighted by Crippen LogP contribution is -2.38. The van der Waals surface area contributed by atoms with Crippen LogP contribution in [0.2, 0.25) is 0 Å². The molecule has 0 spiro atoms. The predicted molar refractivity (Wildman–Crippen MR) is 233 cm³/mol. The van der Waals surface area contributed by atoms with E-state index >= 15 is 0 Å². The minimum Gasteiger partial charge on any atom is -0.463 e. The number of nitrogens with two attached hydrogens (primary N) is 2. The fraction of sp³-hybridized carbons (Fsp3) is 0.381. The van der Waals surface area contributed by atoms with E-state index in [1.54, 1.807) is 0 Å². The zero-order valence-electron chi connectivity index (χ0n) is 36.5. The van der Waals surface area contributed by atoms with E-state index in [4.69, 9.17) is 30.6 Å². The maximum absolute atomic E-state index is 13.9. The Kier molecular flexibility index (Phi) is 18.8. The quantitative estimate of drug-likeness (QED) is 0.0348. The molecule has 4 N–H and O–H groups in total. The molecule has 0 saturated carbocycles. The van der Waals surface area contributed by atoms with Gasteiger partial charge in [0.25, 0.3) is 11.4 Å². The van der Waals surface area contributed by atoms with Crippen LogP contribution in [0.25, 0.3) is 0 Å². The van der Waals surface area contributed by atoms with Crippen molar-refractivity contribution < 1.29 is 74.5 Å². The van der Waals surface area contributed by atoms with Crippen molar-refractivity contribution in [2.24, 2.45) is 11.5 Å². The van der Waals surface area contributed by atoms with Gasteiger partial charge in [0.2, 0.25) is 0 Å². The highest BCUT2D eigenvalue weighted by molar-refractivity contribution is 7.99. The van der Waals surface area contributed by atoms with Crippen molar-refractivity contribution >= 4 is 47.4 Å². The second kappa shape index (κ2) is 23.6. The summed E-state index contributed by atoms with van der Waals surface area (Å²) in [6.45, 7) is 4.62. The minimum atomic E-state index is -4.89. The van der Waals surface area contributed by atoms with Gasteiger partial charge in [0, 0.05) is 48.3 Å². The van der Waals surface area contributed by atoms with Gasteiger partial charge in [-0.05, 0) is 51.0 Å². The van der Waals surface area contributed by atoms with Crippen LogP contribution in [-0.2, 0) is 50.7 Å². The van der Waals surface area contributed by atoms with Crippen LogP contribution in [0.15, 0.2) is 106 Å². The molecule has 2 aliphatic rings. The third-order valence-corrected chi connectivity index (χ3v) is 11.8. The van der Waals surface area contributed by atoms with Crippen LogP contribution in [0.1, 0.15) is 61.8 Å². The van der Waals surface area contributed by atoms with E-state index in [-0.39, 0.29) is 71.8 Å². The molecular formula is C42H44F6N6O12S2. The van der Waals surface area contributed by atoms with Crippen molar-refractivity contribution in [3.8, 4) is 0 Å². The maximum Gasteiger partial charge on any atom is 0.416 e. The molecule has 26 heteroatoms. The lowest BCUT2D eigenvalue weighted by atomic mass is 9.83. The molecule has 0 amide bonds. The molecule has 0 bridgehead atoms. The number of carbonyl (C=O) groups excluding carboxylic acids is 4. The first kappa shape index (κ1) is 54.2. The van der Waals surface area contributed by atoms with Crippen LogP contribution >= 0.6 is 23.5 Å². The van der Waals surface area contributed by atoms with Crippen molar-refractivity contribution in [3.63, 3.8) is 0 Å². The molecule has 2 aromatic rings. The summed E-state index contributed by atoms with van der Waals surface area (Å²) in [5.74, 6) is -8.99. The fourth-order valence-electron chi connectivity index (χ4n) is 7.06.